The fourth-order valence-electron chi connectivity index (χ4n) is 3.00. The summed E-state index contributed by atoms with van der Waals surface area (Å²) >= 11 is 6.05. The van der Waals surface area contributed by atoms with E-state index in [1.165, 1.54) is 0 Å². The van der Waals surface area contributed by atoms with Crippen LogP contribution < -0.4 is 9.64 Å². The molecule has 1 saturated heterocycles. The summed E-state index contributed by atoms with van der Waals surface area (Å²) in [5.41, 5.74) is 1.50. The third-order valence-electron chi connectivity index (χ3n) is 4.20. The zero-order valence-electron chi connectivity index (χ0n) is 12.5. The van der Waals surface area contributed by atoms with Crippen molar-refractivity contribution in [2.45, 2.75) is 12.8 Å². The van der Waals surface area contributed by atoms with Crippen molar-refractivity contribution < 1.29 is 9.53 Å². The van der Waals surface area contributed by atoms with Crippen molar-refractivity contribution >= 4 is 29.0 Å². The molecule has 6 heteroatoms. The van der Waals surface area contributed by atoms with E-state index in [4.69, 9.17) is 16.3 Å². The minimum Gasteiger partial charge on any atom is -0.469 e. The Morgan fingerprint density at radius 3 is 2.83 bits per heavy atom. The maximum Gasteiger partial charge on any atom is 0.255 e. The van der Waals surface area contributed by atoms with E-state index in [-0.39, 0.29) is 5.91 Å². The van der Waals surface area contributed by atoms with E-state index >= 15 is 0 Å². The number of carbonyl (C=O) groups excluding carboxylic acids is 1. The minimum absolute atomic E-state index is 0.0302. The lowest BCUT2D eigenvalue weighted by Crippen LogP contribution is -2.27. The fourth-order valence-corrected chi connectivity index (χ4v) is 3.19. The van der Waals surface area contributed by atoms with Gasteiger partial charge in [0.15, 0.2) is 18.3 Å². The van der Waals surface area contributed by atoms with Crippen LogP contribution in [0.15, 0.2) is 36.5 Å². The average Bonchev–Trinajstić information content (AvgIpc) is 3.23. The Morgan fingerprint density at radius 2 is 2.04 bits per heavy atom. The molecule has 118 valence electrons. The molecule has 23 heavy (non-hydrogen) atoms. The smallest absolute Gasteiger partial charge is 0.255 e. The van der Waals surface area contributed by atoms with Gasteiger partial charge in [-0.05, 0) is 37.1 Å². The molecule has 2 aliphatic heterocycles. The number of amides is 1. The molecule has 1 aromatic heterocycles. The lowest BCUT2D eigenvalue weighted by atomic mass is 10.2. The largest absolute Gasteiger partial charge is 0.469 e. The number of halogens is 1. The number of benzene rings is 1. The molecule has 0 N–H and O–H groups in total. The molecule has 5 nitrogen and oxygen atoms in total. The maximum absolute atomic E-state index is 12.4. The van der Waals surface area contributed by atoms with Gasteiger partial charge in [0.2, 0.25) is 0 Å². The molecule has 2 aliphatic rings. The lowest BCUT2D eigenvalue weighted by molar-refractivity contribution is 0.0792. The second kappa shape index (κ2) is 5.74. The van der Waals surface area contributed by atoms with Gasteiger partial charge in [-0.2, -0.15) is 0 Å². The highest BCUT2D eigenvalue weighted by Gasteiger charge is 2.27. The van der Waals surface area contributed by atoms with E-state index in [0.29, 0.717) is 28.9 Å². The summed E-state index contributed by atoms with van der Waals surface area (Å²) in [5.74, 6) is 1.38. The molecule has 0 aliphatic carbocycles. The molecule has 0 radical (unpaired) electrons. The van der Waals surface area contributed by atoms with Crippen molar-refractivity contribution in [3.63, 3.8) is 0 Å². The number of fused-ring (bicyclic) bond motifs is 1. The number of hydrogen-bond acceptors (Lipinski definition) is 4. The molecule has 0 spiro atoms. The van der Waals surface area contributed by atoms with Gasteiger partial charge in [0.25, 0.3) is 5.91 Å². The molecular weight excluding hydrogens is 314 g/mol. The van der Waals surface area contributed by atoms with Crippen molar-refractivity contribution in [2.75, 3.05) is 24.7 Å². The van der Waals surface area contributed by atoms with Crippen LogP contribution >= 0.6 is 11.6 Å². The third-order valence-corrected chi connectivity index (χ3v) is 4.43. The Balaban J connectivity index is 1.62. The van der Waals surface area contributed by atoms with Crippen LogP contribution in [-0.2, 0) is 0 Å². The number of carbonyl (C=O) groups is 1. The molecule has 1 fully saturated rings. The zero-order chi connectivity index (χ0) is 15.8. The molecule has 3 heterocycles. The monoisotopic (exact) mass is 329 g/mol. The summed E-state index contributed by atoms with van der Waals surface area (Å²) in [6, 6.07) is 9.32. The summed E-state index contributed by atoms with van der Waals surface area (Å²) in [6.07, 6.45) is 3.78. The third kappa shape index (κ3) is 2.61. The highest BCUT2D eigenvalue weighted by molar-refractivity contribution is 6.30. The highest BCUT2D eigenvalue weighted by Crippen LogP contribution is 2.38. The van der Waals surface area contributed by atoms with Crippen LogP contribution in [0.4, 0.5) is 11.5 Å². The van der Waals surface area contributed by atoms with Gasteiger partial charge >= 0.3 is 0 Å². The molecule has 2 aromatic rings. The highest BCUT2D eigenvalue weighted by atomic mass is 35.5. The van der Waals surface area contributed by atoms with Gasteiger partial charge < -0.3 is 9.64 Å². The first kappa shape index (κ1) is 14.3. The summed E-state index contributed by atoms with van der Waals surface area (Å²) in [4.78, 5) is 20.7. The number of pyridine rings is 1. The van der Waals surface area contributed by atoms with Crippen molar-refractivity contribution in [1.29, 1.82) is 0 Å². The standard InChI is InChI=1S/C17H16ClN3O2/c18-13-4-3-5-14(9-13)21-11-23-15-8-12(10-19-16(15)21)17(22)20-6-1-2-7-20/h3-5,8-10H,1-2,6-7,11H2. The summed E-state index contributed by atoms with van der Waals surface area (Å²) in [6.45, 7) is 2.01. The Kier molecular flexibility index (Phi) is 3.58. The van der Waals surface area contributed by atoms with Gasteiger partial charge in [0, 0.05) is 30.0 Å². The molecule has 1 aromatic carbocycles. The van der Waals surface area contributed by atoms with Crippen LogP contribution in [0.2, 0.25) is 5.02 Å². The van der Waals surface area contributed by atoms with Gasteiger partial charge in [-0.3, -0.25) is 9.69 Å². The van der Waals surface area contributed by atoms with Crippen molar-refractivity contribution in [3.05, 3.63) is 47.1 Å². The number of nitrogens with zero attached hydrogens (tertiary/aromatic N) is 3. The molecule has 1 amide bonds. The Labute approximate surface area is 139 Å². The van der Waals surface area contributed by atoms with E-state index in [2.05, 4.69) is 4.98 Å². The minimum atomic E-state index is 0.0302. The van der Waals surface area contributed by atoms with Crippen LogP contribution in [0.5, 0.6) is 5.75 Å². The normalized spacial score (nSPS) is 16.4. The second-order valence-electron chi connectivity index (χ2n) is 5.73. The van der Waals surface area contributed by atoms with Gasteiger partial charge in [0.1, 0.15) is 0 Å². The van der Waals surface area contributed by atoms with Crippen LogP contribution in [0, 0.1) is 0 Å². The van der Waals surface area contributed by atoms with Crippen molar-refractivity contribution in [3.8, 4) is 5.75 Å². The number of ether oxygens (including phenoxy) is 1. The number of likely N-dealkylation sites (tertiary alicyclic amines) is 1. The van der Waals surface area contributed by atoms with E-state index in [1.54, 1.807) is 12.3 Å². The molecule has 4 rings (SSSR count). The predicted molar refractivity (Wildman–Crippen MR) is 88.5 cm³/mol. The number of anilines is 2. The number of aromatic nitrogens is 1. The summed E-state index contributed by atoms with van der Waals surface area (Å²) in [5, 5.41) is 0.664. The molecule has 0 unspecified atom stereocenters. The molecule has 0 bridgehead atoms. The Bertz CT molecular complexity index is 759. The zero-order valence-corrected chi connectivity index (χ0v) is 13.3. The van der Waals surface area contributed by atoms with Gasteiger partial charge in [-0.25, -0.2) is 4.98 Å². The molecule has 0 atom stereocenters. The van der Waals surface area contributed by atoms with Crippen LogP contribution in [0.3, 0.4) is 0 Å². The first-order valence-corrected chi connectivity index (χ1v) is 8.05. The van der Waals surface area contributed by atoms with E-state index in [1.807, 2.05) is 34.1 Å². The van der Waals surface area contributed by atoms with Crippen LogP contribution in [0.1, 0.15) is 23.2 Å². The van der Waals surface area contributed by atoms with Gasteiger partial charge in [-0.1, -0.05) is 17.7 Å². The fraction of sp³-hybridized carbons (Fsp3) is 0.294. The van der Waals surface area contributed by atoms with Gasteiger partial charge in [-0.15, -0.1) is 0 Å². The van der Waals surface area contributed by atoms with Gasteiger partial charge in [0.05, 0.1) is 5.56 Å². The second-order valence-corrected chi connectivity index (χ2v) is 6.16. The Morgan fingerprint density at radius 1 is 1.22 bits per heavy atom. The first-order valence-electron chi connectivity index (χ1n) is 7.67. The van der Waals surface area contributed by atoms with Crippen molar-refractivity contribution in [1.82, 2.24) is 9.88 Å². The van der Waals surface area contributed by atoms with E-state index in [0.717, 1.165) is 31.6 Å². The summed E-state index contributed by atoms with van der Waals surface area (Å²) < 4.78 is 5.71. The van der Waals surface area contributed by atoms with Crippen molar-refractivity contribution in [2.24, 2.45) is 0 Å². The topological polar surface area (TPSA) is 45.7 Å². The average molecular weight is 330 g/mol. The predicted octanol–water partition coefficient (Wildman–Crippen LogP) is 3.46. The summed E-state index contributed by atoms with van der Waals surface area (Å²) in [7, 11) is 0. The van der Waals surface area contributed by atoms with Crippen LogP contribution in [-0.4, -0.2) is 35.6 Å². The lowest BCUT2D eigenvalue weighted by Gasteiger charge is -2.17. The van der Waals surface area contributed by atoms with Crippen LogP contribution in [0.25, 0.3) is 0 Å². The van der Waals surface area contributed by atoms with E-state index in [9.17, 15) is 4.79 Å². The van der Waals surface area contributed by atoms with E-state index < -0.39 is 0 Å². The first-order chi connectivity index (χ1) is 11.2. The maximum atomic E-state index is 12.4. The SMILES string of the molecule is O=C(c1cnc2c(c1)OCN2c1cccc(Cl)c1)N1CCCC1. The Hall–Kier alpha value is -2.27. The molecule has 0 saturated carbocycles. The quantitative estimate of drug-likeness (QED) is 0.846. The number of rotatable bonds is 2. The number of hydrogen-bond donors (Lipinski definition) is 0. The molecular formula is C17H16ClN3O2.